The first kappa shape index (κ1) is 18.3. The molecule has 0 fully saturated rings. The minimum absolute atomic E-state index is 0.568. The fraction of sp³-hybridized carbons (Fsp3) is 0.421. The summed E-state index contributed by atoms with van der Waals surface area (Å²) in [7, 11) is 0. The van der Waals surface area contributed by atoms with E-state index in [0.29, 0.717) is 10.7 Å². The highest BCUT2D eigenvalue weighted by molar-refractivity contribution is 7.98. The van der Waals surface area contributed by atoms with Gasteiger partial charge in [0.25, 0.3) is 0 Å². The highest BCUT2D eigenvalue weighted by Crippen LogP contribution is 2.30. The lowest BCUT2D eigenvalue weighted by Gasteiger charge is -2.24. The van der Waals surface area contributed by atoms with Crippen LogP contribution in [0.15, 0.2) is 29.4 Å². The number of aryl methyl sites for hydroxylation is 1. The number of hydrogen-bond donors (Lipinski definition) is 0. The fourth-order valence-electron chi connectivity index (χ4n) is 2.64. The monoisotopic (exact) mass is 340 g/mol. The molecule has 0 radical (unpaired) electrons. The van der Waals surface area contributed by atoms with Gasteiger partial charge in [-0.3, -0.25) is 0 Å². The van der Waals surface area contributed by atoms with Gasteiger partial charge in [0, 0.05) is 18.7 Å². The molecular weight excluding hydrogens is 316 g/mol. The summed E-state index contributed by atoms with van der Waals surface area (Å²) in [6.45, 7) is 8.12. The number of rotatable bonds is 7. The first-order chi connectivity index (χ1) is 11.6. The van der Waals surface area contributed by atoms with Crippen molar-refractivity contribution in [2.45, 2.75) is 38.8 Å². The normalized spacial score (nSPS) is 10.5. The molecule has 1 aromatic heterocycles. The number of aromatic nitrogens is 2. The van der Waals surface area contributed by atoms with Crippen molar-refractivity contribution in [3.05, 3.63) is 35.4 Å². The van der Waals surface area contributed by atoms with E-state index in [2.05, 4.69) is 41.7 Å². The van der Waals surface area contributed by atoms with Crippen molar-refractivity contribution in [1.82, 2.24) is 9.97 Å². The predicted molar refractivity (Wildman–Crippen MR) is 101 cm³/mol. The number of hydrogen-bond acceptors (Lipinski definition) is 5. The second kappa shape index (κ2) is 8.70. The summed E-state index contributed by atoms with van der Waals surface area (Å²) in [4.78, 5) is 11.5. The van der Waals surface area contributed by atoms with Gasteiger partial charge in [-0.25, -0.2) is 9.97 Å². The van der Waals surface area contributed by atoms with Crippen LogP contribution in [0.25, 0.3) is 11.3 Å². The van der Waals surface area contributed by atoms with Gasteiger partial charge in [-0.2, -0.15) is 5.26 Å². The van der Waals surface area contributed by atoms with Gasteiger partial charge < -0.3 is 4.90 Å². The number of thioether (sulfide) groups is 1. The molecule has 0 saturated carbocycles. The van der Waals surface area contributed by atoms with E-state index >= 15 is 0 Å². The Balaban J connectivity index is 2.64. The zero-order chi connectivity index (χ0) is 17.5. The van der Waals surface area contributed by atoms with Gasteiger partial charge in [0.05, 0.1) is 5.69 Å². The van der Waals surface area contributed by atoms with Crippen LogP contribution in [0.1, 0.15) is 37.8 Å². The Labute approximate surface area is 148 Å². The second-order valence-electron chi connectivity index (χ2n) is 5.72. The third kappa shape index (κ3) is 4.07. The molecule has 1 aromatic carbocycles. The first-order valence-electron chi connectivity index (χ1n) is 8.32. The van der Waals surface area contributed by atoms with Crippen molar-refractivity contribution in [2.75, 3.05) is 24.2 Å². The fourth-order valence-corrected chi connectivity index (χ4v) is 3.00. The van der Waals surface area contributed by atoms with E-state index in [4.69, 9.17) is 0 Å². The third-order valence-corrected chi connectivity index (χ3v) is 4.32. The Morgan fingerprint density at radius 2 is 1.71 bits per heavy atom. The molecule has 5 heteroatoms. The lowest BCUT2D eigenvalue weighted by atomic mass is 10.0. The maximum absolute atomic E-state index is 9.80. The zero-order valence-electron chi connectivity index (χ0n) is 14.8. The minimum atomic E-state index is 0.568. The molecule has 126 valence electrons. The summed E-state index contributed by atoms with van der Waals surface area (Å²) in [5.41, 5.74) is 3.45. The van der Waals surface area contributed by atoms with Gasteiger partial charge >= 0.3 is 0 Å². The van der Waals surface area contributed by atoms with Crippen LogP contribution in [0, 0.1) is 18.3 Å². The molecule has 1 heterocycles. The van der Waals surface area contributed by atoms with Crippen LogP contribution >= 0.6 is 11.8 Å². The van der Waals surface area contributed by atoms with Gasteiger partial charge in [0.15, 0.2) is 11.0 Å². The van der Waals surface area contributed by atoms with E-state index < -0.39 is 0 Å². The van der Waals surface area contributed by atoms with Crippen molar-refractivity contribution >= 4 is 17.6 Å². The molecule has 0 aliphatic rings. The van der Waals surface area contributed by atoms with Gasteiger partial charge in [-0.15, -0.1) is 0 Å². The molecule has 4 nitrogen and oxygen atoms in total. The van der Waals surface area contributed by atoms with Crippen molar-refractivity contribution in [3.63, 3.8) is 0 Å². The van der Waals surface area contributed by atoms with Gasteiger partial charge in [-0.1, -0.05) is 55.4 Å². The second-order valence-corrected chi connectivity index (χ2v) is 6.50. The number of anilines is 1. The highest BCUT2D eigenvalue weighted by atomic mass is 32.2. The van der Waals surface area contributed by atoms with E-state index in [9.17, 15) is 5.26 Å². The SMILES string of the molecule is CCCN(CCC)c1nc(SC)nc(-c2ccc(C)cc2)c1C#N. The quantitative estimate of drug-likeness (QED) is 0.541. The summed E-state index contributed by atoms with van der Waals surface area (Å²) in [5, 5.41) is 10.5. The Hall–Kier alpha value is -2.06. The summed E-state index contributed by atoms with van der Waals surface area (Å²) < 4.78 is 0. The maximum Gasteiger partial charge on any atom is 0.189 e. The summed E-state index contributed by atoms with van der Waals surface area (Å²) in [6.07, 6.45) is 4.00. The Kier molecular flexibility index (Phi) is 6.62. The van der Waals surface area contributed by atoms with Crippen LogP contribution in [0.3, 0.4) is 0 Å². The zero-order valence-corrected chi connectivity index (χ0v) is 15.7. The number of nitrogens with zero attached hydrogens (tertiary/aromatic N) is 4. The first-order valence-corrected chi connectivity index (χ1v) is 9.55. The smallest absolute Gasteiger partial charge is 0.189 e. The molecule has 0 aliphatic carbocycles. The van der Waals surface area contributed by atoms with Crippen LogP contribution in [0.2, 0.25) is 0 Å². The summed E-state index contributed by atoms with van der Waals surface area (Å²) >= 11 is 1.51. The van der Waals surface area contributed by atoms with Crippen LogP contribution in [0.5, 0.6) is 0 Å². The van der Waals surface area contributed by atoms with Crippen molar-refractivity contribution in [1.29, 1.82) is 5.26 Å². The third-order valence-electron chi connectivity index (χ3n) is 3.78. The molecule has 0 saturated heterocycles. The topological polar surface area (TPSA) is 52.8 Å². The van der Waals surface area contributed by atoms with E-state index in [1.54, 1.807) is 0 Å². The van der Waals surface area contributed by atoms with E-state index in [1.165, 1.54) is 17.3 Å². The molecule has 0 aliphatic heterocycles. The summed E-state index contributed by atoms with van der Waals surface area (Å²) in [5.74, 6) is 0.760. The minimum Gasteiger partial charge on any atom is -0.355 e. The average molecular weight is 340 g/mol. The van der Waals surface area contributed by atoms with Crippen molar-refractivity contribution in [2.24, 2.45) is 0 Å². The van der Waals surface area contributed by atoms with Crippen LogP contribution < -0.4 is 4.90 Å². The number of benzene rings is 1. The predicted octanol–water partition coefficient (Wildman–Crippen LogP) is 4.67. The van der Waals surface area contributed by atoms with Gasteiger partial charge in [0.2, 0.25) is 0 Å². The van der Waals surface area contributed by atoms with Gasteiger partial charge in [-0.05, 0) is 26.0 Å². The van der Waals surface area contributed by atoms with E-state index in [0.717, 1.165) is 43.0 Å². The highest BCUT2D eigenvalue weighted by Gasteiger charge is 2.19. The molecule has 2 aromatic rings. The van der Waals surface area contributed by atoms with E-state index in [1.807, 2.05) is 30.5 Å². The van der Waals surface area contributed by atoms with Crippen LogP contribution in [0.4, 0.5) is 5.82 Å². The largest absolute Gasteiger partial charge is 0.355 e. The Bertz CT molecular complexity index is 713. The molecule has 0 amide bonds. The van der Waals surface area contributed by atoms with Crippen LogP contribution in [-0.2, 0) is 0 Å². The summed E-state index contributed by atoms with van der Waals surface area (Å²) in [6, 6.07) is 10.5. The Morgan fingerprint density at radius 1 is 1.08 bits per heavy atom. The van der Waals surface area contributed by atoms with Crippen LogP contribution in [-0.4, -0.2) is 29.3 Å². The lowest BCUT2D eigenvalue weighted by molar-refractivity contribution is 0.724. The standard InChI is InChI=1S/C19H24N4S/c1-5-11-23(12-6-2)18-16(13-20)17(21-19(22-18)24-4)15-9-7-14(3)8-10-15/h7-10H,5-6,11-12H2,1-4H3. The van der Waals surface area contributed by atoms with E-state index in [-0.39, 0.29) is 0 Å². The number of nitriles is 1. The van der Waals surface area contributed by atoms with Crippen molar-refractivity contribution < 1.29 is 0 Å². The van der Waals surface area contributed by atoms with Crippen molar-refractivity contribution in [3.8, 4) is 17.3 Å². The Morgan fingerprint density at radius 3 is 2.21 bits per heavy atom. The molecule has 0 N–H and O–H groups in total. The molecule has 24 heavy (non-hydrogen) atoms. The molecule has 0 unspecified atom stereocenters. The maximum atomic E-state index is 9.80. The molecule has 2 rings (SSSR count). The molecule has 0 bridgehead atoms. The molecule has 0 atom stereocenters. The molecule has 0 spiro atoms. The average Bonchev–Trinajstić information content (AvgIpc) is 2.61. The lowest BCUT2D eigenvalue weighted by Crippen LogP contribution is -2.27. The van der Waals surface area contributed by atoms with Gasteiger partial charge in [0.1, 0.15) is 11.6 Å². The molecular formula is C19H24N4S.